The molecule has 3 atom stereocenters. The fourth-order valence-electron chi connectivity index (χ4n) is 4.47. The number of hydrogen-bond donors (Lipinski definition) is 0. The van der Waals surface area contributed by atoms with Gasteiger partial charge in [-0.3, -0.25) is 0 Å². The fourth-order valence-corrected chi connectivity index (χ4v) is 4.72. The van der Waals surface area contributed by atoms with Crippen LogP contribution < -0.4 is 9.80 Å². The van der Waals surface area contributed by atoms with E-state index in [2.05, 4.69) is 45.5 Å². The lowest BCUT2D eigenvalue weighted by Crippen LogP contribution is -2.57. The Hall–Kier alpha value is -2.26. The molecule has 1 saturated heterocycles. The van der Waals surface area contributed by atoms with Gasteiger partial charge in [0.15, 0.2) is 17.5 Å². The average molecular weight is 565 g/mol. The normalized spacial score (nSPS) is 19.2. The van der Waals surface area contributed by atoms with Crippen LogP contribution >= 0.6 is 34.8 Å². The van der Waals surface area contributed by atoms with Crippen molar-refractivity contribution in [2.24, 2.45) is 0 Å². The van der Waals surface area contributed by atoms with Crippen LogP contribution in [0.1, 0.15) is 58.3 Å². The average Bonchev–Trinajstić information content (AvgIpc) is 2.88. The quantitative estimate of drug-likeness (QED) is 0.239. The number of hydrogen-bond acceptors (Lipinski definition) is 8. The van der Waals surface area contributed by atoms with E-state index in [-0.39, 0.29) is 24.0 Å². The Bertz CT molecular complexity index is 1170. The largest absolute Gasteiger partial charge is 0.371 e. The van der Waals surface area contributed by atoms with E-state index in [1.165, 1.54) is 0 Å². The zero-order valence-electron chi connectivity index (χ0n) is 21.5. The summed E-state index contributed by atoms with van der Waals surface area (Å²) in [6.07, 6.45) is 3.74. The standard InChI is InChI=1S/C26H32Cl3N7O/c1-5-6-14-37-19(4)22-30-13-12-21(31-22)36-17(2)15-35(16-18(36)3)25-33-23(20-10-8-7-9-11-20)32-24(34-25)26(27,28)29/h7-13,17-19H,5-6,14-16H2,1-4H3/t17-,18+,19-/m1/s1. The van der Waals surface area contributed by atoms with Gasteiger partial charge in [-0.1, -0.05) is 78.5 Å². The summed E-state index contributed by atoms with van der Waals surface area (Å²) in [6.45, 7) is 10.5. The van der Waals surface area contributed by atoms with Crippen molar-refractivity contribution in [3.05, 3.63) is 54.2 Å². The van der Waals surface area contributed by atoms with E-state index in [1.54, 1.807) is 6.20 Å². The number of halogens is 3. The summed E-state index contributed by atoms with van der Waals surface area (Å²) in [5, 5.41) is 0. The highest BCUT2D eigenvalue weighted by molar-refractivity contribution is 6.66. The zero-order valence-corrected chi connectivity index (χ0v) is 23.7. The highest BCUT2D eigenvalue weighted by Crippen LogP contribution is 2.37. The summed E-state index contributed by atoms with van der Waals surface area (Å²) in [4.78, 5) is 27.4. The first kappa shape index (κ1) is 27.8. The number of ether oxygens (including phenoxy) is 1. The van der Waals surface area contributed by atoms with Gasteiger partial charge in [-0.05, 0) is 33.3 Å². The van der Waals surface area contributed by atoms with Crippen molar-refractivity contribution < 1.29 is 4.74 Å². The lowest BCUT2D eigenvalue weighted by atomic mass is 10.1. The summed E-state index contributed by atoms with van der Waals surface area (Å²) in [6, 6.07) is 11.8. The molecule has 3 heterocycles. The number of alkyl halides is 3. The number of aromatic nitrogens is 5. The molecule has 0 aliphatic carbocycles. The monoisotopic (exact) mass is 563 g/mol. The second-order valence-corrected chi connectivity index (χ2v) is 11.6. The first-order valence-corrected chi connectivity index (χ1v) is 13.7. The van der Waals surface area contributed by atoms with Gasteiger partial charge in [-0.25, -0.2) is 15.0 Å². The van der Waals surface area contributed by atoms with Gasteiger partial charge in [0, 0.05) is 43.5 Å². The van der Waals surface area contributed by atoms with Crippen LogP contribution in [0.25, 0.3) is 11.4 Å². The molecule has 0 bridgehead atoms. The molecule has 0 radical (unpaired) electrons. The lowest BCUT2D eigenvalue weighted by Gasteiger charge is -2.45. The van der Waals surface area contributed by atoms with Gasteiger partial charge in [0.1, 0.15) is 11.9 Å². The minimum Gasteiger partial charge on any atom is -0.371 e. The van der Waals surface area contributed by atoms with E-state index in [0.29, 0.717) is 37.3 Å². The predicted octanol–water partition coefficient (Wildman–Crippen LogP) is 6.14. The molecule has 2 aromatic heterocycles. The van der Waals surface area contributed by atoms with Gasteiger partial charge in [0.25, 0.3) is 0 Å². The summed E-state index contributed by atoms with van der Waals surface area (Å²) in [5.41, 5.74) is 0.824. The zero-order chi connectivity index (χ0) is 26.6. The number of anilines is 2. The lowest BCUT2D eigenvalue weighted by molar-refractivity contribution is 0.0578. The third kappa shape index (κ3) is 6.79. The van der Waals surface area contributed by atoms with Crippen molar-refractivity contribution in [2.75, 3.05) is 29.5 Å². The second kappa shape index (κ2) is 12.1. The number of nitrogens with zero attached hydrogens (tertiary/aromatic N) is 7. The molecule has 11 heteroatoms. The summed E-state index contributed by atoms with van der Waals surface area (Å²) in [5.74, 6) is 2.61. The minimum absolute atomic E-state index is 0.0987. The molecule has 0 N–H and O–H groups in total. The van der Waals surface area contributed by atoms with E-state index in [0.717, 1.165) is 24.2 Å². The van der Waals surface area contributed by atoms with Crippen LogP contribution in [0.3, 0.4) is 0 Å². The Morgan fingerprint density at radius 3 is 2.35 bits per heavy atom. The van der Waals surface area contributed by atoms with Crippen LogP contribution in [0, 0.1) is 0 Å². The van der Waals surface area contributed by atoms with Crippen molar-refractivity contribution in [3.8, 4) is 11.4 Å². The molecule has 1 aromatic carbocycles. The van der Waals surface area contributed by atoms with Gasteiger partial charge in [-0.2, -0.15) is 9.97 Å². The molecule has 1 aliphatic heterocycles. The molecule has 8 nitrogen and oxygen atoms in total. The van der Waals surface area contributed by atoms with Crippen molar-refractivity contribution >= 4 is 46.6 Å². The molecule has 0 amide bonds. The summed E-state index contributed by atoms with van der Waals surface area (Å²) >= 11 is 18.6. The van der Waals surface area contributed by atoms with E-state index in [9.17, 15) is 0 Å². The van der Waals surface area contributed by atoms with Crippen LogP contribution in [0.2, 0.25) is 0 Å². The van der Waals surface area contributed by atoms with Crippen molar-refractivity contribution in [3.63, 3.8) is 0 Å². The van der Waals surface area contributed by atoms with Crippen molar-refractivity contribution in [2.45, 2.75) is 62.5 Å². The van der Waals surface area contributed by atoms with Crippen LogP contribution in [0.4, 0.5) is 11.8 Å². The maximum atomic E-state index is 6.20. The van der Waals surface area contributed by atoms with Crippen molar-refractivity contribution in [1.29, 1.82) is 0 Å². The number of piperazine rings is 1. The SMILES string of the molecule is CCCCO[C@H](C)c1nccc(N2[C@H](C)CN(c3nc(-c4ccccc4)nc(C(Cl)(Cl)Cl)n3)C[C@@H]2C)n1. The van der Waals surface area contributed by atoms with Crippen molar-refractivity contribution in [1.82, 2.24) is 24.9 Å². The maximum absolute atomic E-state index is 6.20. The third-order valence-electron chi connectivity index (χ3n) is 6.26. The molecule has 37 heavy (non-hydrogen) atoms. The second-order valence-electron chi connectivity index (χ2n) is 9.30. The Balaban J connectivity index is 1.58. The van der Waals surface area contributed by atoms with E-state index < -0.39 is 3.79 Å². The van der Waals surface area contributed by atoms with Gasteiger partial charge >= 0.3 is 0 Å². The van der Waals surface area contributed by atoms with Crippen LogP contribution in [-0.2, 0) is 8.53 Å². The topological polar surface area (TPSA) is 80.2 Å². The molecule has 0 saturated carbocycles. The summed E-state index contributed by atoms with van der Waals surface area (Å²) in [7, 11) is 0. The Morgan fingerprint density at radius 1 is 1.00 bits per heavy atom. The van der Waals surface area contributed by atoms with E-state index >= 15 is 0 Å². The van der Waals surface area contributed by atoms with Gasteiger partial charge in [-0.15, -0.1) is 0 Å². The fraction of sp³-hybridized carbons (Fsp3) is 0.500. The van der Waals surface area contributed by atoms with Gasteiger partial charge < -0.3 is 14.5 Å². The molecule has 1 fully saturated rings. The molecule has 1 aliphatic rings. The van der Waals surface area contributed by atoms with Gasteiger partial charge in [0.05, 0.1) is 0 Å². The number of unbranched alkanes of at least 4 members (excludes halogenated alkanes) is 1. The minimum atomic E-state index is -1.77. The Labute approximate surface area is 233 Å². The highest BCUT2D eigenvalue weighted by atomic mass is 35.6. The number of benzene rings is 1. The van der Waals surface area contributed by atoms with Gasteiger partial charge in [0.2, 0.25) is 9.74 Å². The van der Waals surface area contributed by atoms with E-state index in [1.807, 2.05) is 43.3 Å². The first-order chi connectivity index (χ1) is 17.7. The smallest absolute Gasteiger partial charge is 0.250 e. The van der Waals surface area contributed by atoms with E-state index in [4.69, 9.17) is 49.5 Å². The Morgan fingerprint density at radius 2 is 1.70 bits per heavy atom. The molecular formula is C26H32Cl3N7O. The third-order valence-corrected chi connectivity index (χ3v) is 6.77. The molecule has 4 rings (SSSR count). The van der Waals surface area contributed by atoms with Crippen LogP contribution in [0.15, 0.2) is 42.6 Å². The van der Waals surface area contributed by atoms with Crippen LogP contribution in [-0.4, -0.2) is 56.7 Å². The Kier molecular flexibility index (Phi) is 9.06. The molecule has 0 unspecified atom stereocenters. The first-order valence-electron chi connectivity index (χ1n) is 12.5. The number of rotatable bonds is 8. The molecule has 198 valence electrons. The highest BCUT2D eigenvalue weighted by Gasteiger charge is 2.34. The molecule has 0 spiro atoms. The molecular weight excluding hydrogens is 533 g/mol. The molecule has 3 aromatic rings. The van der Waals surface area contributed by atoms with Crippen LogP contribution in [0.5, 0.6) is 0 Å². The maximum Gasteiger partial charge on any atom is 0.250 e. The predicted molar refractivity (Wildman–Crippen MR) is 149 cm³/mol. The summed E-state index contributed by atoms with van der Waals surface area (Å²) < 4.78 is 4.15.